The van der Waals surface area contributed by atoms with E-state index in [1.54, 1.807) is 13.0 Å². The number of nitro groups is 1. The minimum absolute atomic E-state index is 0.157. The molecule has 0 radical (unpaired) electrons. The molecule has 0 aliphatic rings. The summed E-state index contributed by atoms with van der Waals surface area (Å²) in [4.78, 5) is 24.6. The van der Waals surface area contributed by atoms with E-state index in [1.807, 2.05) is 0 Å². The highest BCUT2D eigenvalue weighted by atomic mass is 16.6. The molecule has 0 saturated heterocycles. The lowest BCUT2D eigenvalue weighted by atomic mass is 10.3. The molecule has 16 heavy (non-hydrogen) atoms. The lowest BCUT2D eigenvalue weighted by molar-refractivity contribution is -0.385. The first-order chi connectivity index (χ1) is 7.50. The van der Waals surface area contributed by atoms with Crippen molar-refractivity contribution in [1.29, 1.82) is 0 Å². The normalized spacial score (nSPS) is 10.6. The van der Waals surface area contributed by atoms with Crippen molar-refractivity contribution in [2.75, 3.05) is 0 Å². The van der Waals surface area contributed by atoms with Crippen molar-refractivity contribution < 1.29 is 14.8 Å². The van der Waals surface area contributed by atoms with Crippen molar-refractivity contribution >= 4 is 22.8 Å². The van der Waals surface area contributed by atoms with Crippen LogP contribution < -0.4 is 0 Å². The van der Waals surface area contributed by atoms with Gasteiger partial charge in [-0.3, -0.25) is 10.1 Å². The van der Waals surface area contributed by atoms with Gasteiger partial charge in [0.05, 0.1) is 4.92 Å². The molecule has 82 valence electrons. The molecule has 7 heteroatoms. The zero-order valence-corrected chi connectivity index (χ0v) is 8.25. The summed E-state index contributed by atoms with van der Waals surface area (Å²) < 4.78 is 0.985. The maximum atomic E-state index is 10.9. The van der Waals surface area contributed by atoms with Crippen molar-refractivity contribution in [2.24, 2.45) is 0 Å². The van der Waals surface area contributed by atoms with Gasteiger partial charge in [-0.1, -0.05) is 0 Å². The number of aryl methyl sites for hydroxylation is 1. The molecule has 2 heterocycles. The van der Waals surface area contributed by atoms with Crippen LogP contribution in [0.4, 0.5) is 10.5 Å². The molecule has 1 N–H and O–H groups in total. The van der Waals surface area contributed by atoms with Gasteiger partial charge in [0.2, 0.25) is 0 Å². The van der Waals surface area contributed by atoms with Gasteiger partial charge in [0.15, 0.2) is 0 Å². The Morgan fingerprint density at radius 2 is 2.25 bits per heavy atom. The summed E-state index contributed by atoms with van der Waals surface area (Å²) >= 11 is 0. The molecular formula is C9H7N3O4. The van der Waals surface area contributed by atoms with E-state index >= 15 is 0 Å². The summed E-state index contributed by atoms with van der Waals surface area (Å²) in [6.07, 6.45) is -0.116. The van der Waals surface area contributed by atoms with Crippen LogP contribution in [0.1, 0.15) is 5.69 Å². The third-order valence-electron chi connectivity index (χ3n) is 2.21. The third kappa shape index (κ3) is 1.38. The Bertz CT molecular complexity index is 602. The van der Waals surface area contributed by atoms with E-state index in [9.17, 15) is 14.9 Å². The molecule has 0 aliphatic carbocycles. The van der Waals surface area contributed by atoms with E-state index < -0.39 is 11.0 Å². The number of fused-ring (bicyclic) bond motifs is 1. The Hall–Kier alpha value is -2.44. The van der Waals surface area contributed by atoms with Crippen LogP contribution in [0.5, 0.6) is 0 Å². The van der Waals surface area contributed by atoms with Crippen molar-refractivity contribution in [3.05, 3.63) is 34.1 Å². The highest BCUT2D eigenvalue weighted by Crippen LogP contribution is 2.21. The van der Waals surface area contributed by atoms with Gasteiger partial charge < -0.3 is 5.11 Å². The number of rotatable bonds is 1. The van der Waals surface area contributed by atoms with Crippen LogP contribution in [0.15, 0.2) is 18.3 Å². The molecular weight excluding hydrogens is 214 g/mol. The third-order valence-corrected chi connectivity index (χ3v) is 2.21. The highest BCUT2D eigenvalue weighted by molar-refractivity contribution is 5.88. The fraction of sp³-hybridized carbons (Fsp3) is 0.111. The minimum atomic E-state index is -1.16. The van der Waals surface area contributed by atoms with E-state index in [1.165, 1.54) is 6.07 Å². The molecule has 0 amide bonds. The molecule has 0 aliphatic heterocycles. The van der Waals surface area contributed by atoms with Crippen molar-refractivity contribution in [1.82, 2.24) is 9.55 Å². The highest BCUT2D eigenvalue weighted by Gasteiger charge is 2.15. The first-order valence-electron chi connectivity index (χ1n) is 4.36. The second kappa shape index (κ2) is 3.30. The lowest BCUT2D eigenvalue weighted by Gasteiger charge is -1.98. The van der Waals surface area contributed by atoms with Gasteiger partial charge in [-0.15, -0.1) is 0 Å². The van der Waals surface area contributed by atoms with Crippen LogP contribution in [0.3, 0.4) is 0 Å². The maximum Gasteiger partial charge on any atom is 0.417 e. The van der Waals surface area contributed by atoms with Crippen LogP contribution in [0.2, 0.25) is 0 Å². The molecule has 2 rings (SSSR count). The molecule has 7 nitrogen and oxygen atoms in total. The Morgan fingerprint density at radius 3 is 2.81 bits per heavy atom. The van der Waals surface area contributed by atoms with Gasteiger partial charge in [0.25, 0.3) is 5.69 Å². The largest absolute Gasteiger partial charge is 0.464 e. The fourth-order valence-electron chi connectivity index (χ4n) is 1.55. The minimum Gasteiger partial charge on any atom is -0.464 e. The summed E-state index contributed by atoms with van der Waals surface area (Å²) in [5, 5.41) is 19.9. The predicted octanol–water partition coefficient (Wildman–Crippen LogP) is 1.78. The van der Waals surface area contributed by atoms with Gasteiger partial charge in [0.1, 0.15) is 11.8 Å². The smallest absolute Gasteiger partial charge is 0.417 e. The van der Waals surface area contributed by atoms with Gasteiger partial charge in [0, 0.05) is 17.1 Å². The number of carbonyl (C=O) groups is 1. The van der Waals surface area contributed by atoms with Gasteiger partial charge in [-0.25, -0.2) is 14.3 Å². The maximum absolute atomic E-state index is 10.9. The molecule has 0 bridgehead atoms. The Kier molecular flexibility index (Phi) is 2.08. The van der Waals surface area contributed by atoms with Crippen LogP contribution in [-0.4, -0.2) is 25.7 Å². The zero-order valence-electron chi connectivity index (χ0n) is 8.25. The molecule has 2 aromatic heterocycles. The quantitative estimate of drug-likeness (QED) is 0.584. The summed E-state index contributed by atoms with van der Waals surface area (Å²) in [5.41, 5.74) is 0.515. The standard InChI is InChI=1S/C9H7N3O4/c1-5-2-6-3-7(12(15)16)4-10-8(6)11(5)9(13)14/h2-4H,1H3,(H,13,14). The van der Waals surface area contributed by atoms with Crippen LogP contribution in [-0.2, 0) is 0 Å². The van der Waals surface area contributed by atoms with E-state index in [-0.39, 0.29) is 11.3 Å². The first kappa shape index (κ1) is 10.1. The zero-order chi connectivity index (χ0) is 11.9. The SMILES string of the molecule is Cc1cc2cc([N+](=O)[O-])cnc2n1C(=O)O. The molecule has 0 saturated carbocycles. The van der Waals surface area contributed by atoms with E-state index in [4.69, 9.17) is 5.11 Å². The number of nitrogens with zero attached hydrogens (tertiary/aromatic N) is 3. The number of hydrogen-bond acceptors (Lipinski definition) is 4. The average molecular weight is 221 g/mol. The average Bonchev–Trinajstić information content (AvgIpc) is 2.51. The fourth-order valence-corrected chi connectivity index (χ4v) is 1.55. The predicted molar refractivity (Wildman–Crippen MR) is 54.5 cm³/mol. The first-order valence-corrected chi connectivity index (χ1v) is 4.36. The Morgan fingerprint density at radius 1 is 1.56 bits per heavy atom. The van der Waals surface area contributed by atoms with Crippen LogP contribution in [0, 0.1) is 17.0 Å². The number of hydrogen-bond donors (Lipinski definition) is 1. The second-order valence-electron chi connectivity index (χ2n) is 3.27. The van der Waals surface area contributed by atoms with E-state index in [2.05, 4.69) is 4.98 Å². The lowest BCUT2D eigenvalue weighted by Crippen LogP contribution is -2.09. The number of carboxylic acid groups (broad SMARTS) is 1. The molecule has 0 spiro atoms. The molecule has 0 atom stereocenters. The summed E-state index contributed by atoms with van der Waals surface area (Å²) in [6, 6.07) is 2.85. The summed E-state index contributed by atoms with van der Waals surface area (Å²) in [5.74, 6) is 0. The molecule has 0 fully saturated rings. The molecule has 0 aromatic carbocycles. The number of aromatic nitrogens is 2. The molecule has 2 aromatic rings. The Balaban J connectivity index is 2.75. The van der Waals surface area contributed by atoms with Crippen molar-refractivity contribution in [3.63, 3.8) is 0 Å². The Labute approximate surface area is 89.1 Å². The molecule has 0 unspecified atom stereocenters. The monoisotopic (exact) mass is 221 g/mol. The van der Waals surface area contributed by atoms with Crippen LogP contribution >= 0.6 is 0 Å². The van der Waals surface area contributed by atoms with Gasteiger partial charge in [-0.2, -0.15) is 0 Å². The van der Waals surface area contributed by atoms with E-state index in [0.29, 0.717) is 11.1 Å². The number of pyridine rings is 1. The van der Waals surface area contributed by atoms with Gasteiger partial charge in [-0.05, 0) is 13.0 Å². The van der Waals surface area contributed by atoms with Gasteiger partial charge >= 0.3 is 6.09 Å². The summed E-state index contributed by atoms with van der Waals surface area (Å²) in [7, 11) is 0. The topological polar surface area (TPSA) is 98.3 Å². The second-order valence-corrected chi connectivity index (χ2v) is 3.27. The van der Waals surface area contributed by atoms with E-state index in [0.717, 1.165) is 10.8 Å². The van der Waals surface area contributed by atoms with Crippen molar-refractivity contribution in [3.8, 4) is 0 Å². The van der Waals surface area contributed by atoms with Crippen LogP contribution in [0.25, 0.3) is 11.0 Å². The summed E-state index contributed by atoms with van der Waals surface area (Å²) in [6.45, 7) is 1.60. The van der Waals surface area contributed by atoms with Crippen molar-refractivity contribution in [2.45, 2.75) is 6.92 Å².